The zero-order chi connectivity index (χ0) is 19.1. The van der Waals surface area contributed by atoms with E-state index in [1.54, 1.807) is 13.0 Å². The minimum absolute atomic E-state index is 0.0662. The quantitative estimate of drug-likeness (QED) is 0.847. The van der Waals surface area contributed by atoms with Crippen LogP contribution in [0, 0.1) is 6.92 Å². The summed E-state index contributed by atoms with van der Waals surface area (Å²) in [5.74, 6) is -0.700. The third-order valence-electron chi connectivity index (χ3n) is 4.64. The van der Waals surface area contributed by atoms with E-state index in [0.29, 0.717) is 12.0 Å². The van der Waals surface area contributed by atoms with Crippen LogP contribution in [-0.2, 0) is 16.0 Å². The first kappa shape index (κ1) is 18.7. The highest BCUT2D eigenvalue weighted by atomic mass is 32.2. The number of benzene rings is 2. The molecule has 1 saturated heterocycles. The third kappa shape index (κ3) is 3.43. The lowest BCUT2D eigenvalue weighted by Gasteiger charge is -2.15. The fraction of sp³-hybridized carbons (Fsp3) is 0.333. The van der Waals surface area contributed by atoms with Crippen LogP contribution in [0.1, 0.15) is 29.0 Å². The molecule has 2 N–H and O–H groups in total. The van der Waals surface area contributed by atoms with Crippen LogP contribution in [0.5, 0.6) is 5.75 Å². The van der Waals surface area contributed by atoms with E-state index in [-0.39, 0.29) is 4.90 Å². The predicted octanol–water partition coefficient (Wildman–Crippen LogP) is 3.63. The maximum atomic E-state index is 12.9. The van der Waals surface area contributed by atoms with Crippen molar-refractivity contribution < 1.29 is 26.7 Å². The number of alkyl halides is 3. The van der Waals surface area contributed by atoms with E-state index in [9.17, 15) is 26.7 Å². The lowest BCUT2D eigenvalue weighted by atomic mass is 9.94. The molecule has 0 aliphatic carbocycles. The van der Waals surface area contributed by atoms with Crippen molar-refractivity contribution in [1.29, 1.82) is 0 Å². The topological polar surface area (TPSA) is 66.4 Å². The van der Waals surface area contributed by atoms with Gasteiger partial charge in [0.2, 0.25) is 9.84 Å². The van der Waals surface area contributed by atoms with Gasteiger partial charge in [0.15, 0.2) is 0 Å². The van der Waals surface area contributed by atoms with E-state index in [2.05, 4.69) is 5.32 Å². The van der Waals surface area contributed by atoms with Crippen LogP contribution in [0.15, 0.2) is 46.2 Å². The molecule has 140 valence electrons. The minimum Gasteiger partial charge on any atom is -0.507 e. The molecule has 4 nitrogen and oxygen atoms in total. The average molecular weight is 385 g/mol. The molecule has 0 saturated carbocycles. The smallest absolute Gasteiger partial charge is 0.419 e. The number of phenolic OH excluding ortho intramolecular Hbond substituents is 1. The summed E-state index contributed by atoms with van der Waals surface area (Å²) in [5.41, 5.74) is 0.453. The summed E-state index contributed by atoms with van der Waals surface area (Å²) in [4.78, 5) is -0.569. The lowest BCUT2D eigenvalue weighted by Crippen LogP contribution is -2.10. The van der Waals surface area contributed by atoms with E-state index in [4.69, 9.17) is 0 Å². The molecule has 1 aliphatic heterocycles. The van der Waals surface area contributed by atoms with Crippen LogP contribution in [0.25, 0.3) is 0 Å². The second kappa shape index (κ2) is 6.59. The SMILES string of the molecule is Cc1cc(S(=O)(=O)c2ccc(O)c(C(F)(F)F)c2)ccc1C1CCNC1. The van der Waals surface area contributed by atoms with Gasteiger partial charge < -0.3 is 10.4 Å². The monoisotopic (exact) mass is 385 g/mol. The molecular formula is C18H18F3NO3S. The Labute approximate surface area is 149 Å². The molecule has 0 spiro atoms. The van der Waals surface area contributed by atoms with Gasteiger partial charge in [-0.3, -0.25) is 0 Å². The molecule has 0 radical (unpaired) electrons. The van der Waals surface area contributed by atoms with Crippen LogP contribution < -0.4 is 5.32 Å². The Hall–Kier alpha value is -2.06. The molecule has 0 amide bonds. The van der Waals surface area contributed by atoms with Gasteiger partial charge in [-0.2, -0.15) is 13.2 Å². The highest BCUT2D eigenvalue weighted by molar-refractivity contribution is 7.91. The summed E-state index contributed by atoms with van der Waals surface area (Å²) in [6.07, 6.45) is -3.88. The van der Waals surface area contributed by atoms with Gasteiger partial charge in [-0.25, -0.2) is 8.42 Å². The Morgan fingerprint density at radius 2 is 1.77 bits per heavy atom. The Balaban J connectivity index is 2.02. The first-order valence-electron chi connectivity index (χ1n) is 8.07. The predicted molar refractivity (Wildman–Crippen MR) is 90.0 cm³/mol. The summed E-state index contributed by atoms with van der Waals surface area (Å²) in [7, 11) is -4.13. The Morgan fingerprint density at radius 1 is 1.12 bits per heavy atom. The fourth-order valence-corrected chi connectivity index (χ4v) is 4.61. The molecule has 0 aromatic heterocycles. The molecular weight excluding hydrogens is 367 g/mol. The van der Waals surface area contributed by atoms with Gasteiger partial charge in [0.25, 0.3) is 0 Å². The first-order chi connectivity index (χ1) is 12.1. The van der Waals surface area contributed by atoms with Crippen LogP contribution in [0.2, 0.25) is 0 Å². The normalized spacial score (nSPS) is 18.2. The van der Waals surface area contributed by atoms with Crippen LogP contribution in [0.4, 0.5) is 13.2 Å². The molecule has 1 atom stereocenters. The van der Waals surface area contributed by atoms with Crippen molar-refractivity contribution in [3.8, 4) is 5.75 Å². The van der Waals surface area contributed by atoms with Crippen LogP contribution in [0.3, 0.4) is 0 Å². The number of aromatic hydroxyl groups is 1. The number of hydrogen-bond donors (Lipinski definition) is 2. The molecule has 1 fully saturated rings. The molecule has 8 heteroatoms. The second-order valence-electron chi connectivity index (χ2n) is 6.39. The van der Waals surface area contributed by atoms with Crippen LogP contribution in [-0.4, -0.2) is 26.6 Å². The summed E-state index contributed by atoms with van der Waals surface area (Å²) in [5, 5.41) is 12.6. The number of aryl methyl sites for hydroxylation is 1. The van der Waals surface area contributed by atoms with Crippen molar-refractivity contribution in [3.05, 3.63) is 53.1 Å². The molecule has 26 heavy (non-hydrogen) atoms. The number of rotatable bonds is 3. The molecule has 0 bridgehead atoms. The highest BCUT2D eigenvalue weighted by Crippen LogP contribution is 2.38. The summed E-state index contributed by atoms with van der Waals surface area (Å²) in [6.45, 7) is 3.52. The molecule has 3 rings (SSSR count). The first-order valence-corrected chi connectivity index (χ1v) is 9.55. The van der Waals surface area contributed by atoms with Gasteiger partial charge in [0, 0.05) is 6.54 Å². The number of sulfone groups is 1. The van der Waals surface area contributed by atoms with Crippen molar-refractivity contribution >= 4 is 9.84 Å². The van der Waals surface area contributed by atoms with E-state index in [1.165, 1.54) is 12.1 Å². The number of halogens is 3. The fourth-order valence-electron chi connectivity index (χ4n) is 3.24. The maximum Gasteiger partial charge on any atom is 0.419 e. The van der Waals surface area contributed by atoms with Gasteiger partial charge in [-0.1, -0.05) is 6.07 Å². The van der Waals surface area contributed by atoms with Gasteiger partial charge in [0.05, 0.1) is 15.4 Å². The van der Waals surface area contributed by atoms with Crippen molar-refractivity contribution in [2.45, 2.75) is 35.2 Å². The molecule has 1 aliphatic rings. The molecule has 2 aromatic carbocycles. The summed E-state index contributed by atoms with van der Waals surface area (Å²) < 4.78 is 64.3. The van der Waals surface area contributed by atoms with Crippen LogP contribution >= 0.6 is 0 Å². The second-order valence-corrected chi connectivity index (χ2v) is 8.34. The van der Waals surface area contributed by atoms with Crippen molar-refractivity contribution in [2.75, 3.05) is 13.1 Å². The van der Waals surface area contributed by atoms with Crippen molar-refractivity contribution in [1.82, 2.24) is 5.32 Å². The Bertz CT molecular complexity index is 933. The largest absolute Gasteiger partial charge is 0.507 e. The highest BCUT2D eigenvalue weighted by Gasteiger charge is 2.35. The third-order valence-corrected chi connectivity index (χ3v) is 6.38. The average Bonchev–Trinajstić information content (AvgIpc) is 3.08. The standard InChI is InChI=1S/C18H18F3NO3S/c1-11-8-13(2-4-15(11)12-6-7-22-10-12)26(24,25)14-3-5-17(23)16(9-14)18(19,20)21/h2-5,8-9,12,22-23H,6-7,10H2,1H3. The van der Waals surface area contributed by atoms with Gasteiger partial charge >= 0.3 is 6.18 Å². The summed E-state index contributed by atoms with van der Waals surface area (Å²) >= 11 is 0. The zero-order valence-electron chi connectivity index (χ0n) is 14.0. The number of phenols is 1. The van der Waals surface area contributed by atoms with Gasteiger partial charge in [-0.05, 0) is 67.3 Å². The Kier molecular flexibility index (Phi) is 4.74. The van der Waals surface area contributed by atoms with E-state index in [0.717, 1.165) is 42.8 Å². The van der Waals surface area contributed by atoms with Gasteiger partial charge in [-0.15, -0.1) is 0 Å². The van der Waals surface area contributed by atoms with E-state index in [1.807, 2.05) is 0 Å². The number of hydrogen-bond acceptors (Lipinski definition) is 4. The maximum absolute atomic E-state index is 12.9. The van der Waals surface area contributed by atoms with Gasteiger partial charge in [0.1, 0.15) is 5.75 Å². The summed E-state index contributed by atoms with van der Waals surface area (Å²) in [6, 6.07) is 6.84. The molecule has 1 heterocycles. The Morgan fingerprint density at radius 3 is 2.35 bits per heavy atom. The molecule has 2 aromatic rings. The van der Waals surface area contributed by atoms with E-state index >= 15 is 0 Å². The van der Waals surface area contributed by atoms with Crippen molar-refractivity contribution in [2.24, 2.45) is 0 Å². The number of nitrogens with one attached hydrogen (secondary N) is 1. The zero-order valence-corrected chi connectivity index (χ0v) is 14.8. The molecule has 1 unspecified atom stereocenters. The minimum atomic E-state index is -4.84. The van der Waals surface area contributed by atoms with E-state index < -0.39 is 32.2 Å². The lowest BCUT2D eigenvalue weighted by molar-refractivity contribution is -0.138. The van der Waals surface area contributed by atoms with Crippen molar-refractivity contribution in [3.63, 3.8) is 0 Å².